The molecule has 1 saturated heterocycles. The summed E-state index contributed by atoms with van der Waals surface area (Å²) in [7, 11) is 1.39. The molecule has 1 fully saturated rings. The number of fused-ring (bicyclic) bond motifs is 1. The molecule has 2 aliphatic rings. The van der Waals surface area contributed by atoms with Gasteiger partial charge in [0.1, 0.15) is 5.82 Å². The quantitative estimate of drug-likeness (QED) is 0.415. The molecule has 0 bridgehead atoms. The molecule has 1 heterocycles. The summed E-state index contributed by atoms with van der Waals surface area (Å²) in [6.07, 6.45) is 3.15. The van der Waals surface area contributed by atoms with Crippen LogP contribution >= 0.6 is 39.1 Å². The lowest BCUT2D eigenvalue weighted by molar-refractivity contribution is -0.122. The molecule has 2 amide bonds. The number of alkyl halides is 2. The summed E-state index contributed by atoms with van der Waals surface area (Å²) in [6, 6.07) is 8.02. The molecule has 166 valence electrons. The zero-order valence-corrected chi connectivity index (χ0v) is 19.8. The summed E-state index contributed by atoms with van der Waals surface area (Å²) in [5, 5.41) is 10.9. The van der Waals surface area contributed by atoms with E-state index < -0.39 is 33.3 Å². The van der Waals surface area contributed by atoms with Gasteiger partial charge in [-0.2, -0.15) is 0 Å². The van der Waals surface area contributed by atoms with Gasteiger partial charge in [0.25, 0.3) is 11.8 Å². The number of hydrogen-bond acceptors (Lipinski definition) is 4. The number of amides is 2. The third-order valence-corrected chi connectivity index (χ3v) is 7.78. The van der Waals surface area contributed by atoms with Crippen LogP contribution in [-0.4, -0.2) is 33.8 Å². The van der Waals surface area contributed by atoms with Gasteiger partial charge in [0.05, 0.1) is 12.8 Å². The van der Waals surface area contributed by atoms with Gasteiger partial charge in [-0.05, 0) is 48.4 Å². The summed E-state index contributed by atoms with van der Waals surface area (Å²) in [5.74, 6) is -3.14. The molecule has 0 radical (unpaired) electrons. The minimum Gasteiger partial charge on any atom is -0.504 e. The number of nitrogens with zero attached hydrogens (tertiary/aromatic N) is 1. The van der Waals surface area contributed by atoms with Crippen LogP contribution in [0.5, 0.6) is 11.5 Å². The number of methoxy groups -OCH3 is 1. The van der Waals surface area contributed by atoms with Crippen molar-refractivity contribution in [3.63, 3.8) is 0 Å². The number of benzene rings is 2. The van der Waals surface area contributed by atoms with Gasteiger partial charge in [0.2, 0.25) is 0 Å². The van der Waals surface area contributed by atoms with E-state index in [9.17, 15) is 19.1 Å². The van der Waals surface area contributed by atoms with Crippen molar-refractivity contribution in [2.24, 2.45) is 0 Å². The molecule has 32 heavy (non-hydrogen) atoms. The number of carbonyl (C=O) groups excluding carboxylic acids is 2. The Kier molecular flexibility index (Phi) is 5.64. The van der Waals surface area contributed by atoms with Crippen LogP contribution in [-0.2, 0) is 9.59 Å². The molecule has 1 aliphatic heterocycles. The van der Waals surface area contributed by atoms with Gasteiger partial charge in [0, 0.05) is 16.0 Å². The van der Waals surface area contributed by atoms with Gasteiger partial charge < -0.3 is 9.84 Å². The van der Waals surface area contributed by atoms with E-state index in [2.05, 4.69) is 22.5 Å². The minimum absolute atomic E-state index is 0.0376. The van der Waals surface area contributed by atoms with E-state index in [-0.39, 0.29) is 29.2 Å². The molecular formula is C23H17BrCl2FNO4. The first-order valence-corrected chi connectivity index (χ1v) is 11.1. The maximum Gasteiger partial charge on any atom is 0.258 e. The Hall–Kier alpha value is -2.35. The van der Waals surface area contributed by atoms with Crippen molar-refractivity contribution in [1.82, 2.24) is 0 Å². The third kappa shape index (κ3) is 3.02. The normalized spacial score (nSPS) is 27.2. The van der Waals surface area contributed by atoms with Crippen LogP contribution in [0.2, 0.25) is 0 Å². The average Bonchev–Trinajstić information content (AvgIpc) is 2.92. The average molecular weight is 541 g/mol. The van der Waals surface area contributed by atoms with Gasteiger partial charge in [-0.25, -0.2) is 9.29 Å². The van der Waals surface area contributed by atoms with Crippen molar-refractivity contribution < 1.29 is 23.8 Å². The van der Waals surface area contributed by atoms with Crippen LogP contribution in [0.25, 0.3) is 0 Å². The second-order valence-corrected chi connectivity index (χ2v) is 9.68. The van der Waals surface area contributed by atoms with Gasteiger partial charge in [-0.15, -0.1) is 23.2 Å². The number of ether oxygens (including phenoxy) is 1. The zero-order chi connectivity index (χ0) is 23.4. The smallest absolute Gasteiger partial charge is 0.258 e. The molecule has 1 N–H and O–H groups in total. The zero-order valence-electron chi connectivity index (χ0n) is 16.7. The number of aromatic hydroxyl groups is 1. The van der Waals surface area contributed by atoms with Gasteiger partial charge in [0.15, 0.2) is 21.2 Å². The summed E-state index contributed by atoms with van der Waals surface area (Å²) < 4.78 is 19.2. The molecule has 2 aromatic rings. The Morgan fingerprint density at radius 3 is 2.50 bits per heavy atom. The summed E-state index contributed by atoms with van der Waals surface area (Å²) >= 11 is 17.3. The highest BCUT2D eigenvalue weighted by Gasteiger charge is 2.73. The van der Waals surface area contributed by atoms with Crippen molar-refractivity contribution >= 4 is 56.6 Å². The minimum atomic E-state index is -2.00. The van der Waals surface area contributed by atoms with Gasteiger partial charge >= 0.3 is 0 Å². The van der Waals surface area contributed by atoms with Crippen LogP contribution in [0, 0.1) is 5.82 Å². The Morgan fingerprint density at radius 1 is 1.25 bits per heavy atom. The Balaban J connectivity index is 1.97. The van der Waals surface area contributed by atoms with Crippen molar-refractivity contribution in [1.29, 1.82) is 0 Å². The standard InChI is InChI=1S/C23H17BrCl2FNO4/c1-3-12-8-9-22(25)20(30)28(15-6-4-14(27)5-7-15)21(31)23(22,26)18(12)16-10-13(24)11-17(32-2)19(16)29/h3-8,10-11,18,29H,1,9H2,2H3. The van der Waals surface area contributed by atoms with E-state index in [4.69, 9.17) is 27.9 Å². The number of halogens is 4. The molecule has 0 spiro atoms. The molecule has 9 heteroatoms. The van der Waals surface area contributed by atoms with E-state index in [0.29, 0.717) is 10.0 Å². The number of hydrogen-bond donors (Lipinski definition) is 1. The maximum absolute atomic E-state index is 13.8. The second-order valence-electron chi connectivity index (χ2n) is 7.53. The van der Waals surface area contributed by atoms with E-state index in [1.165, 1.54) is 25.3 Å². The number of phenolic OH excluding ortho intramolecular Hbond substituents is 1. The number of rotatable bonds is 4. The van der Waals surface area contributed by atoms with E-state index in [1.54, 1.807) is 18.2 Å². The summed E-state index contributed by atoms with van der Waals surface area (Å²) in [5.41, 5.74) is 0.906. The summed E-state index contributed by atoms with van der Waals surface area (Å²) in [4.78, 5) is 24.2. The predicted octanol–water partition coefficient (Wildman–Crippen LogP) is 5.43. The summed E-state index contributed by atoms with van der Waals surface area (Å²) in [6.45, 7) is 3.81. The first-order chi connectivity index (χ1) is 15.1. The van der Waals surface area contributed by atoms with E-state index >= 15 is 0 Å². The topological polar surface area (TPSA) is 66.8 Å². The fraction of sp³-hybridized carbons (Fsp3) is 0.217. The predicted molar refractivity (Wildman–Crippen MR) is 124 cm³/mol. The molecule has 1 aliphatic carbocycles. The molecule has 0 saturated carbocycles. The monoisotopic (exact) mass is 539 g/mol. The first-order valence-electron chi connectivity index (χ1n) is 9.51. The molecule has 3 unspecified atom stereocenters. The van der Waals surface area contributed by atoms with Gasteiger partial charge in [-0.3, -0.25) is 9.59 Å². The number of phenols is 1. The van der Waals surface area contributed by atoms with Crippen LogP contribution in [0.3, 0.4) is 0 Å². The van der Waals surface area contributed by atoms with Crippen LogP contribution in [0.15, 0.2) is 65.2 Å². The number of carbonyl (C=O) groups is 2. The third-order valence-electron chi connectivity index (χ3n) is 5.90. The van der Waals surface area contributed by atoms with Gasteiger partial charge in [-0.1, -0.05) is 34.7 Å². The molecule has 4 rings (SSSR count). The lowest BCUT2D eigenvalue weighted by Gasteiger charge is -2.42. The highest BCUT2D eigenvalue weighted by atomic mass is 79.9. The second kappa shape index (κ2) is 7.90. The first kappa shape index (κ1) is 22.8. The Bertz CT molecular complexity index is 1190. The van der Waals surface area contributed by atoms with Crippen LogP contribution in [0.1, 0.15) is 17.9 Å². The molecule has 0 aromatic heterocycles. The maximum atomic E-state index is 13.8. The lowest BCUT2D eigenvalue weighted by atomic mass is 9.68. The largest absolute Gasteiger partial charge is 0.504 e. The Labute approximate surface area is 202 Å². The fourth-order valence-corrected chi connectivity index (χ4v) is 5.63. The number of allylic oxidation sites excluding steroid dienone is 3. The van der Waals surface area contributed by atoms with Crippen LogP contribution < -0.4 is 9.64 Å². The van der Waals surface area contributed by atoms with E-state index in [0.717, 1.165) is 17.0 Å². The fourth-order valence-electron chi connectivity index (χ4n) is 4.34. The van der Waals surface area contributed by atoms with Crippen molar-refractivity contribution in [3.8, 4) is 11.5 Å². The van der Waals surface area contributed by atoms with Crippen molar-refractivity contribution in [2.75, 3.05) is 12.0 Å². The molecule has 2 aromatic carbocycles. The molecular weight excluding hydrogens is 524 g/mol. The van der Waals surface area contributed by atoms with E-state index in [1.807, 2.05) is 0 Å². The van der Waals surface area contributed by atoms with Crippen molar-refractivity contribution in [2.45, 2.75) is 22.1 Å². The highest BCUT2D eigenvalue weighted by molar-refractivity contribution is 9.10. The van der Waals surface area contributed by atoms with Crippen LogP contribution in [0.4, 0.5) is 10.1 Å². The Morgan fingerprint density at radius 2 is 1.91 bits per heavy atom. The highest BCUT2D eigenvalue weighted by Crippen LogP contribution is 2.61. The lowest BCUT2D eigenvalue weighted by Crippen LogP contribution is -2.54. The number of imide groups is 1. The number of anilines is 1. The molecule has 3 atom stereocenters. The van der Waals surface area contributed by atoms with Crippen molar-refractivity contribution in [3.05, 3.63) is 76.6 Å². The molecule has 5 nitrogen and oxygen atoms in total. The SMILES string of the molecule is C=CC1=CCC2(Cl)C(=O)N(c3ccc(F)cc3)C(=O)C2(Cl)C1c1cc(Br)cc(OC)c1O.